The maximum absolute atomic E-state index is 11.8. The molecule has 2 heterocycles. The summed E-state index contributed by atoms with van der Waals surface area (Å²) in [5.74, 6) is 2.90. The number of pyridine rings is 1. The van der Waals surface area contributed by atoms with E-state index >= 15 is 0 Å². The number of imidazole rings is 1. The van der Waals surface area contributed by atoms with Crippen LogP contribution in [0.1, 0.15) is 63.8 Å². The van der Waals surface area contributed by atoms with Crippen LogP contribution in [0.5, 0.6) is 0 Å². The van der Waals surface area contributed by atoms with E-state index in [1.54, 1.807) is 0 Å². The fourth-order valence-electron chi connectivity index (χ4n) is 3.08. The Morgan fingerprint density at radius 2 is 1.83 bits per heavy atom. The summed E-state index contributed by atoms with van der Waals surface area (Å²) in [4.78, 5) is 9.05. The van der Waals surface area contributed by atoms with E-state index in [-0.39, 0.29) is 0 Å². The van der Waals surface area contributed by atoms with Crippen molar-refractivity contribution in [1.82, 2.24) is 14.5 Å². The minimum atomic E-state index is -0.621. The number of aromatic nitrogens is 3. The minimum Gasteiger partial charge on any atom is -0.328 e. The lowest BCUT2D eigenvalue weighted by atomic mass is 10.2. The first-order valence-corrected chi connectivity index (χ1v) is 10.8. The van der Waals surface area contributed by atoms with Crippen LogP contribution in [0.3, 0.4) is 0 Å². The Balaban J connectivity index is 1.92. The van der Waals surface area contributed by atoms with Gasteiger partial charge >= 0.3 is 0 Å². The molecule has 2 aromatic heterocycles. The van der Waals surface area contributed by atoms with Gasteiger partial charge in [0, 0.05) is 41.5 Å². The van der Waals surface area contributed by atoms with Crippen LogP contribution < -0.4 is 0 Å². The zero-order valence-corrected chi connectivity index (χ0v) is 16.2. The third-order valence-corrected chi connectivity index (χ3v) is 5.85. The molecule has 2 rings (SSSR count). The molecule has 4 nitrogen and oxygen atoms in total. The molecule has 0 aromatic carbocycles. The van der Waals surface area contributed by atoms with Crippen LogP contribution in [0.15, 0.2) is 12.4 Å². The van der Waals surface area contributed by atoms with Crippen LogP contribution in [0.2, 0.25) is 0 Å². The van der Waals surface area contributed by atoms with Crippen LogP contribution in [0.25, 0.3) is 11.0 Å². The molecule has 134 valence electrons. The molecule has 1 atom stereocenters. The molecule has 0 aliphatic heterocycles. The van der Waals surface area contributed by atoms with Crippen molar-refractivity contribution < 1.29 is 4.21 Å². The van der Waals surface area contributed by atoms with Crippen molar-refractivity contribution in [2.24, 2.45) is 0 Å². The first kappa shape index (κ1) is 19.1. The maximum Gasteiger partial charge on any atom is 0.109 e. The number of fused-ring (bicyclic) bond motifs is 1. The van der Waals surface area contributed by atoms with Crippen LogP contribution in [-0.2, 0) is 23.8 Å². The van der Waals surface area contributed by atoms with Gasteiger partial charge in [-0.25, -0.2) is 4.98 Å². The van der Waals surface area contributed by atoms with E-state index in [1.165, 1.54) is 16.9 Å². The third-order valence-electron chi connectivity index (χ3n) is 4.37. The van der Waals surface area contributed by atoms with E-state index < -0.39 is 10.8 Å². The number of hydrogen-bond donors (Lipinski definition) is 0. The second kappa shape index (κ2) is 9.92. The Kier molecular flexibility index (Phi) is 7.89. The number of unbranched alkanes of at least 4 members (excludes halogenated alkanes) is 3. The monoisotopic (exact) mass is 349 g/mol. The summed E-state index contributed by atoms with van der Waals surface area (Å²) >= 11 is 0. The Morgan fingerprint density at radius 3 is 2.58 bits per heavy atom. The Labute approximate surface area is 148 Å². The highest BCUT2D eigenvalue weighted by molar-refractivity contribution is 7.84. The third kappa shape index (κ3) is 5.13. The zero-order valence-electron chi connectivity index (χ0n) is 15.4. The molecule has 0 saturated heterocycles. The quantitative estimate of drug-likeness (QED) is 0.565. The van der Waals surface area contributed by atoms with Gasteiger partial charge in [-0.3, -0.25) is 9.19 Å². The summed E-state index contributed by atoms with van der Waals surface area (Å²) in [5.41, 5.74) is 3.45. The van der Waals surface area contributed by atoms with Crippen molar-refractivity contribution in [3.8, 4) is 0 Å². The molecule has 0 radical (unpaired) electrons. The molecule has 0 fully saturated rings. The van der Waals surface area contributed by atoms with E-state index in [1.807, 2.05) is 12.4 Å². The van der Waals surface area contributed by atoms with Crippen LogP contribution in [0, 0.1) is 6.92 Å². The largest absolute Gasteiger partial charge is 0.328 e. The molecule has 0 aliphatic carbocycles. The molecule has 0 bridgehead atoms. The van der Waals surface area contributed by atoms with Crippen molar-refractivity contribution in [3.63, 3.8) is 0 Å². The van der Waals surface area contributed by atoms with Crippen molar-refractivity contribution in [2.75, 3.05) is 11.5 Å². The number of hydrogen-bond acceptors (Lipinski definition) is 3. The lowest BCUT2D eigenvalue weighted by Gasteiger charge is -2.10. The van der Waals surface area contributed by atoms with Crippen molar-refractivity contribution in [2.45, 2.75) is 72.3 Å². The fourth-order valence-corrected chi connectivity index (χ4v) is 4.42. The highest BCUT2D eigenvalue weighted by atomic mass is 32.2. The van der Waals surface area contributed by atoms with Gasteiger partial charge in [0.2, 0.25) is 0 Å². The van der Waals surface area contributed by atoms with Gasteiger partial charge in [0.1, 0.15) is 11.3 Å². The first-order valence-electron chi connectivity index (χ1n) is 9.32. The van der Waals surface area contributed by atoms with Crippen LogP contribution in [0.4, 0.5) is 0 Å². The summed E-state index contributed by atoms with van der Waals surface area (Å²) in [7, 11) is -0.621. The lowest BCUT2D eigenvalue weighted by Crippen LogP contribution is -2.06. The highest BCUT2D eigenvalue weighted by Gasteiger charge is 2.12. The summed E-state index contributed by atoms with van der Waals surface area (Å²) in [6, 6.07) is 0. The molecule has 5 heteroatoms. The molecule has 2 aromatic rings. The molecular weight excluding hydrogens is 318 g/mol. The molecule has 0 N–H and O–H groups in total. The van der Waals surface area contributed by atoms with Gasteiger partial charge < -0.3 is 4.57 Å². The van der Waals surface area contributed by atoms with Gasteiger partial charge in [-0.15, -0.1) is 0 Å². The maximum atomic E-state index is 11.8. The standard InChI is InChI=1S/C19H31N3OS/c1-4-6-12-24(23)13-9-7-8-11-22-18(10-5-2)21-17-15-20-14-16(3)19(17)22/h14-15H,4-13H2,1-3H3. The topological polar surface area (TPSA) is 47.8 Å². The van der Waals surface area contributed by atoms with Crippen molar-refractivity contribution >= 4 is 21.8 Å². The smallest absolute Gasteiger partial charge is 0.109 e. The van der Waals surface area contributed by atoms with E-state index in [9.17, 15) is 4.21 Å². The molecule has 24 heavy (non-hydrogen) atoms. The Hall–Kier alpha value is -1.23. The first-order chi connectivity index (χ1) is 11.7. The predicted octanol–water partition coefficient (Wildman–Crippen LogP) is 4.41. The van der Waals surface area contributed by atoms with Gasteiger partial charge in [0.15, 0.2) is 0 Å². The van der Waals surface area contributed by atoms with Crippen molar-refractivity contribution in [3.05, 3.63) is 23.8 Å². The van der Waals surface area contributed by atoms with Gasteiger partial charge in [0.05, 0.1) is 11.7 Å². The number of rotatable bonds is 11. The van der Waals surface area contributed by atoms with Crippen LogP contribution in [-0.4, -0.2) is 30.2 Å². The van der Waals surface area contributed by atoms with Gasteiger partial charge in [0.25, 0.3) is 0 Å². The molecule has 0 spiro atoms. The molecular formula is C19H31N3OS. The predicted molar refractivity (Wildman–Crippen MR) is 103 cm³/mol. The Bertz CT molecular complexity index is 666. The molecule has 0 saturated carbocycles. The van der Waals surface area contributed by atoms with E-state index in [4.69, 9.17) is 4.98 Å². The summed E-state index contributed by atoms with van der Waals surface area (Å²) in [6.07, 6.45) is 11.4. The lowest BCUT2D eigenvalue weighted by molar-refractivity contribution is 0.586. The van der Waals surface area contributed by atoms with Crippen molar-refractivity contribution in [1.29, 1.82) is 0 Å². The highest BCUT2D eigenvalue weighted by Crippen LogP contribution is 2.21. The molecule has 0 amide bonds. The second-order valence-corrected chi connectivity index (χ2v) is 8.21. The summed E-state index contributed by atoms with van der Waals surface area (Å²) < 4.78 is 14.2. The minimum absolute atomic E-state index is 0.621. The Morgan fingerprint density at radius 1 is 1.04 bits per heavy atom. The van der Waals surface area contributed by atoms with Crippen LogP contribution >= 0.6 is 0 Å². The van der Waals surface area contributed by atoms with Gasteiger partial charge in [-0.1, -0.05) is 26.7 Å². The number of aryl methyl sites for hydroxylation is 3. The number of nitrogens with zero attached hydrogens (tertiary/aromatic N) is 3. The van der Waals surface area contributed by atoms with E-state index in [2.05, 4.69) is 30.3 Å². The molecule has 0 aliphatic rings. The normalized spacial score (nSPS) is 12.8. The van der Waals surface area contributed by atoms with Gasteiger partial charge in [-0.2, -0.15) is 0 Å². The van der Waals surface area contributed by atoms with E-state index in [0.29, 0.717) is 0 Å². The zero-order chi connectivity index (χ0) is 17.4. The summed E-state index contributed by atoms with van der Waals surface area (Å²) in [5, 5.41) is 0. The average molecular weight is 350 g/mol. The second-order valence-electron chi connectivity index (χ2n) is 6.52. The van der Waals surface area contributed by atoms with E-state index in [0.717, 1.165) is 68.5 Å². The SMILES string of the molecule is CCCCS(=O)CCCCCn1c(CCC)nc2cncc(C)c21. The average Bonchev–Trinajstić information content (AvgIpc) is 2.92. The molecule has 1 unspecified atom stereocenters. The fraction of sp³-hybridized carbons (Fsp3) is 0.684. The van der Waals surface area contributed by atoms with Gasteiger partial charge in [-0.05, 0) is 38.2 Å². The summed E-state index contributed by atoms with van der Waals surface area (Å²) in [6.45, 7) is 7.46.